The highest BCUT2D eigenvalue weighted by atomic mass is 35.5. The highest BCUT2D eigenvalue weighted by Crippen LogP contribution is 2.38. The Morgan fingerprint density at radius 1 is 0.739 bits per heavy atom. The maximum Gasteiger partial charge on any atom is 0.123 e. The van der Waals surface area contributed by atoms with E-state index in [4.69, 9.17) is 23.2 Å². The molecule has 0 N–H and O–H groups in total. The lowest BCUT2D eigenvalue weighted by Crippen LogP contribution is -1.87. The largest absolute Gasteiger partial charge is 0.207 e. The molecule has 0 atom stereocenters. The van der Waals surface area contributed by atoms with Crippen molar-refractivity contribution in [2.45, 2.75) is 4.90 Å². The first kappa shape index (κ1) is 16.4. The summed E-state index contributed by atoms with van der Waals surface area (Å²) in [5.74, 6) is -0.264. The molecular weight excluding hydrogens is 350 g/mol. The summed E-state index contributed by atoms with van der Waals surface area (Å²) in [6.07, 6.45) is 2.04. The van der Waals surface area contributed by atoms with Crippen LogP contribution in [0.15, 0.2) is 65.6 Å². The first-order valence-electron chi connectivity index (χ1n) is 6.98. The van der Waals surface area contributed by atoms with Gasteiger partial charge in [-0.05, 0) is 64.9 Å². The first-order chi connectivity index (χ1) is 11.1. The normalized spacial score (nSPS) is 10.8. The van der Waals surface area contributed by atoms with Crippen molar-refractivity contribution in [2.75, 3.05) is 6.26 Å². The van der Waals surface area contributed by atoms with E-state index in [0.717, 1.165) is 22.3 Å². The van der Waals surface area contributed by atoms with E-state index < -0.39 is 0 Å². The molecule has 0 aliphatic heterocycles. The molecule has 0 aromatic heterocycles. The number of hydrogen-bond acceptors (Lipinski definition) is 1. The van der Waals surface area contributed by atoms with Crippen molar-refractivity contribution in [2.24, 2.45) is 0 Å². The van der Waals surface area contributed by atoms with Gasteiger partial charge in [0, 0.05) is 4.90 Å². The second kappa shape index (κ2) is 6.96. The molecule has 3 aromatic carbocycles. The van der Waals surface area contributed by atoms with Crippen LogP contribution in [0.25, 0.3) is 22.3 Å². The Labute approximate surface area is 149 Å². The summed E-state index contributed by atoms with van der Waals surface area (Å²) in [5.41, 5.74) is 3.84. The zero-order valence-corrected chi connectivity index (χ0v) is 14.6. The Morgan fingerprint density at radius 2 is 1.17 bits per heavy atom. The number of thioether (sulfide) groups is 1. The first-order valence-corrected chi connectivity index (χ1v) is 8.96. The van der Waals surface area contributed by atoms with Crippen molar-refractivity contribution in [1.82, 2.24) is 0 Å². The number of benzene rings is 3. The average molecular weight is 363 g/mol. The Morgan fingerprint density at radius 3 is 1.61 bits per heavy atom. The molecule has 0 bridgehead atoms. The van der Waals surface area contributed by atoms with Gasteiger partial charge in [0.15, 0.2) is 0 Å². The summed E-state index contributed by atoms with van der Waals surface area (Å²) in [4.78, 5) is 1.19. The minimum absolute atomic E-state index is 0.264. The van der Waals surface area contributed by atoms with Crippen LogP contribution < -0.4 is 0 Å². The lowest BCUT2D eigenvalue weighted by atomic mass is 9.94. The van der Waals surface area contributed by atoms with Gasteiger partial charge in [-0.3, -0.25) is 0 Å². The van der Waals surface area contributed by atoms with E-state index in [9.17, 15) is 4.39 Å². The summed E-state index contributed by atoms with van der Waals surface area (Å²) >= 11 is 14.1. The predicted molar refractivity (Wildman–Crippen MR) is 99.1 cm³/mol. The molecule has 3 aromatic rings. The van der Waals surface area contributed by atoms with Crippen LogP contribution in [0.2, 0.25) is 10.0 Å². The van der Waals surface area contributed by atoms with E-state index in [-0.39, 0.29) is 5.82 Å². The SMILES string of the molecule is CSc1ccc(-c2cc(Cl)c(Cl)cc2-c2ccc(F)cc2)cc1. The van der Waals surface area contributed by atoms with Crippen molar-refractivity contribution in [3.8, 4) is 22.3 Å². The van der Waals surface area contributed by atoms with E-state index in [2.05, 4.69) is 24.3 Å². The summed E-state index contributed by atoms with van der Waals surface area (Å²) in [7, 11) is 0. The van der Waals surface area contributed by atoms with Gasteiger partial charge in [0.05, 0.1) is 10.0 Å². The lowest BCUT2D eigenvalue weighted by Gasteiger charge is -2.13. The van der Waals surface area contributed by atoms with Gasteiger partial charge in [0.25, 0.3) is 0 Å². The van der Waals surface area contributed by atoms with Gasteiger partial charge in [-0.25, -0.2) is 4.39 Å². The average Bonchev–Trinajstić information content (AvgIpc) is 2.58. The van der Waals surface area contributed by atoms with Gasteiger partial charge in [0.2, 0.25) is 0 Å². The highest BCUT2D eigenvalue weighted by molar-refractivity contribution is 7.98. The lowest BCUT2D eigenvalue weighted by molar-refractivity contribution is 0.628. The van der Waals surface area contributed by atoms with Gasteiger partial charge in [0.1, 0.15) is 5.82 Å². The van der Waals surface area contributed by atoms with E-state index in [1.807, 2.05) is 18.4 Å². The van der Waals surface area contributed by atoms with E-state index in [1.165, 1.54) is 17.0 Å². The van der Waals surface area contributed by atoms with Crippen molar-refractivity contribution in [3.63, 3.8) is 0 Å². The summed E-state index contributed by atoms with van der Waals surface area (Å²) in [6.45, 7) is 0. The molecular formula is C19H13Cl2FS. The molecule has 116 valence electrons. The van der Waals surface area contributed by atoms with Crippen LogP contribution in [-0.2, 0) is 0 Å². The monoisotopic (exact) mass is 362 g/mol. The fraction of sp³-hybridized carbons (Fsp3) is 0.0526. The standard InChI is InChI=1S/C19H13Cl2FS/c1-23-15-8-4-13(5-9-15)17-11-19(21)18(20)10-16(17)12-2-6-14(22)7-3-12/h2-11H,1H3. The van der Waals surface area contributed by atoms with Crippen LogP contribution >= 0.6 is 35.0 Å². The molecule has 0 aliphatic carbocycles. The molecule has 0 aliphatic rings. The predicted octanol–water partition coefficient (Wildman–Crippen LogP) is 7.19. The van der Waals surface area contributed by atoms with E-state index in [1.54, 1.807) is 23.9 Å². The Bertz CT molecular complexity index is 827. The maximum atomic E-state index is 13.2. The Balaban J connectivity index is 2.18. The fourth-order valence-corrected chi connectivity index (χ4v) is 3.16. The number of rotatable bonds is 3. The smallest absolute Gasteiger partial charge is 0.123 e. The molecule has 23 heavy (non-hydrogen) atoms. The van der Waals surface area contributed by atoms with Crippen LogP contribution in [-0.4, -0.2) is 6.26 Å². The summed E-state index contributed by atoms with van der Waals surface area (Å²) in [5, 5.41) is 0.983. The fourth-order valence-electron chi connectivity index (χ4n) is 2.42. The van der Waals surface area contributed by atoms with Crippen molar-refractivity contribution >= 4 is 35.0 Å². The van der Waals surface area contributed by atoms with Crippen molar-refractivity contribution in [3.05, 3.63) is 76.5 Å². The number of halogens is 3. The Hall–Kier alpha value is -1.48. The van der Waals surface area contributed by atoms with Gasteiger partial charge in [-0.1, -0.05) is 47.5 Å². The van der Waals surface area contributed by atoms with Crippen LogP contribution in [0.3, 0.4) is 0 Å². The van der Waals surface area contributed by atoms with Crippen molar-refractivity contribution < 1.29 is 4.39 Å². The second-order valence-electron chi connectivity index (χ2n) is 5.05. The van der Waals surface area contributed by atoms with Crippen molar-refractivity contribution in [1.29, 1.82) is 0 Å². The van der Waals surface area contributed by atoms with Crippen LogP contribution in [0, 0.1) is 5.82 Å². The molecule has 0 saturated carbocycles. The van der Waals surface area contributed by atoms with Crippen LogP contribution in [0.5, 0.6) is 0 Å². The summed E-state index contributed by atoms with van der Waals surface area (Å²) in [6, 6.07) is 18.3. The molecule has 0 spiro atoms. The number of hydrogen-bond donors (Lipinski definition) is 0. The zero-order valence-electron chi connectivity index (χ0n) is 12.3. The van der Waals surface area contributed by atoms with E-state index in [0.29, 0.717) is 10.0 Å². The second-order valence-corrected chi connectivity index (χ2v) is 6.74. The van der Waals surface area contributed by atoms with Gasteiger partial charge >= 0.3 is 0 Å². The molecule has 0 saturated heterocycles. The molecule has 0 radical (unpaired) electrons. The van der Waals surface area contributed by atoms with Gasteiger partial charge < -0.3 is 0 Å². The molecule has 3 rings (SSSR count). The zero-order chi connectivity index (χ0) is 16.4. The minimum atomic E-state index is -0.264. The Kier molecular flexibility index (Phi) is 4.96. The highest BCUT2D eigenvalue weighted by Gasteiger charge is 2.12. The minimum Gasteiger partial charge on any atom is -0.207 e. The van der Waals surface area contributed by atoms with E-state index >= 15 is 0 Å². The molecule has 0 heterocycles. The third kappa shape index (κ3) is 3.55. The third-order valence-corrected chi connectivity index (χ3v) is 5.08. The molecule has 0 fully saturated rings. The van der Waals surface area contributed by atoms with Gasteiger partial charge in [-0.15, -0.1) is 11.8 Å². The molecule has 0 nitrogen and oxygen atoms in total. The quantitative estimate of drug-likeness (QED) is 0.444. The molecule has 0 amide bonds. The summed E-state index contributed by atoms with van der Waals surface area (Å²) < 4.78 is 13.2. The van der Waals surface area contributed by atoms with Crippen LogP contribution in [0.1, 0.15) is 0 Å². The third-order valence-electron chi connectivity index (χ3n) is 3.62. The molecule has 4 heteroatoms. The van der Waals surface area contributed by atoms with Crippen LogP contribution in [0.4, 0.5) is 4.39 Å². The molecule has 0 unspecified atom stereocenters. The maximum absolute atomic E-state index is 13.2. The van der Waals surface area contributed by atoms with Gasteiger partial charge in [-0.2, -0.15) is 0 Å². The topological polar surface area (TPSA) is 0 Å².